The number of nitrogens with zero attached hydrogens (tertiary/aromatic N) is 1. The highest BCUT2D eigenvalue weighted by molar-refractivity contribution is 5.80. The Kier molecular flexibility index (Phi) is 5.43. The molecule has 0 aliphatic heterocycles. The van der Waals surface area contributed by atoms with Crippen LogP contribution in [0.15, 0.2) is 0 Å². The molecule has 0 heterocycles. The van der Waals surface area contributed by atoms with Gasteiger partial charge in [-0.25, -0.2) is 0 Å². The van der Waals surface area contributed by atoms with E-state index in [4.69, 9.17) is 11.0 Å². The summed E-state index contributed by atoms with van der Waals surface area (Å²) in [7, 11) is 0. The summed E-state index contributed by atoms with van der Waals surface area (Å²) in [6, 6.07) is 1.73. The summed E-state index contributed by atoms with van der Waals surface area (Å²) in [5.41, 5.74) is 5.95. The minimum Gasteiger partial charge on any atom is -0.340 e. The van der Waals surface area contributed by atoms with Crippen molar-refractivity contribution in [3.05, 3.63) is 0 Å². The molecule has 0 aromatic heterocycles. The van der Waals surface area contributed by atoms with E-state index in [0.29, 0.717) is 12.3 Å². The number of carbonyl (C=O) groups excluding carboxylic acids is 1. The van der Waals surface area contributed by atoms with Gasteiger partial charge in [0.2, 0.25) is 5.91 Å². The fourth-order valence-electron chi connectivity index (χ4n) is 2.38. The molecule has 1 unspecified atom stereocenters. The van der Waals surface area contributed by atoms with Crippen molar-refractivity contribution >= 4 is 5.91 Å². The van der Waals surface area contributed by atoms with Gasteiger partial charge in [-0.05, 0) is 25.2 Å². The van der Waals surface area contributed by atoms with Crippen LogP contribution in [-0.4, -0.2) is 18.0 Å². The maximum Gasteiger partial charge on any atom is 0.225 e. The molecular formula is C13H23N3O. The molecule has 3 atom stereocenters. The second kappa shape index (κ2) is 6.61. The Balaban J connectivity index is 2.49. The number of hydrogen-bond acceptors (Lipinski definition) is 3. The lowest BCUT2D eigenvalue weighted by atomic mass is 9.84. The highest BCUT2D eigenvalue weighted by Gasteiger charge is 2.29. The number of nitrogens with two attached hydrogens (primary N) is 1. The Bertz CT molecular complexity index is 296. The lowest BCUT2D eigenvalue weighted by Crippen LogP contribution is -2.46. The summed E-state index contributed by atoms with van der Waals surface area (Å²) in [6.45, 7) is 4.09. The SMILES string of the molecule is CC(C)C[C@@H](C#N)NC(=O)[C@@H]1CCCCC1N. The van der Waals surface area contributed by atoms with E-state index in [2.05, 4.69) is 11.4 Å². The van der Waals surface area contributed by atoms with E-state index in [1.54, 1.807) is 0 Å². The highest BCUT2D eigenvalue weighted by atomic mass is 16.2. The molecule has 1 fully saturated rings. The summed E-state index contributed by atoms with van der Waals surface area (Å²) in [6.07, 6.45) is 4.64. The second-order valence-corrected chi connectivity index (χ2v) is 5.37. The normalized spacial score (nSPS) is 26.3. The zero-order valence-electron chi connectivity index (χ0n) is 10.8. The molecule has 96 valence electrons. The minimum absolute atomic E-state index is 0.0376. The van der Waals surface area contributed by atoms with Crippen molar-refractivity contribution in [2.24, 2.45) is 17.6 Å². The maximum atomic E-state index is 12.0. The molecule has 4 nitrogen and oxygen atoms in total. The molecule has 0 spiro atoms. The monoisotopic (exact) mass is 237 g/mol. The van der Waals surface area contributed by atoms with E-state index < -0.39 is 0 Å². The van der Waals surface area contributed by atoms with Crippen LogP contribution in [0.2, 0.25) is 0 Å². The van der Waals surface area contributed by atoms with Crippen LogP contribution in [0, 0.1) is 23.2 Å². The lowest BCUT2D eigenvalue weighted by Gasteiger charge is -2.28. The molecule has 1 aliphatic carbocycles. The molecule has 1 amide bonds. The minimum atomic E-state index is -0.378. The van der Waals surface area contributed by atoms with E-state index in [1.165, 1.54) is 0 Å². The van der Waals surface area contributed by atoms with Gasteiger partial charge < -0.3 is 11.1 Å². The van der Waals surface area contributed by atoms with E-state index in [0.717, 1.165) is 25.7 Å². The molecule has 0 aromatic rings. The molecule has 17 heavy (non-hydrogen) atoms. The maximum absolute atomic E-state index is 12.0. The van der Waals surface area contributed by atoms with Gasteiger partial charge in [0, 0.05) is 6.04 Å². The van der Waals surface area contributed by atoms with Crippen molar-refractivity contribution in [2.75, 3.05) is 0 Å². The van der Waals surface area contributed by atoms with Crippen molar-refractivity contribution in [3.8, 4) is 6.07 Å². The van der Waals surface area contributed by atoms with Crippen LogP contribution >= 0.6 is 0 Å². The zero-order chi connectivity index (χ0) is 12.8. The summed E-state index contributed by atoms with van der Waals surface area (Å²) >= 11 is 0. The van der Waals surface area contributed by atoms with Crippen LogP contribution in [0.4, 0.5) is 0 Å². The van der Waals surface area contributed by atoms with Crippen molar-refractivity contribution in [2.45, 2.75) is 58.0 Å². The summed E-state index contributed by atoms with van der Waals surface area (Å²) in [4.78, 5) is 12.0. The van der Waals surface area contributed by atoms with Crippen LogP contribution in [0.1, 0.15) is 46.0 Å². The Hall–Kier alpha value is -1.08. The molecule has 0 saturated heterocycles. The molecule has 0 aromatic carbocycles. The predicted molar refractivity (Wildman–Crippen MR) is 66.9 cm³/mol. The van der Waals surface area contributed by atoms with Crippen molar-refractivity contribution < 1.29 is 4.79 Å². The number of nitriles is 1. The molecule has 1 saturated carbocycles. The van der Waals surface area contributed by atoms with Crippen molar-refractivity contribution in [3.63, 3.8) is 0 Å². The highest BCUT2D eigenvalue weighted by Crippen LogP contribution is 2.23. The van der Waals surface area contributed by atoms with Gasteiger partial charge in [0.25, 0.3) is 0 Å². The van der Waals surface area contributed by atoms with Crippen LogP contribution in [0.3, 0.4) is 0 Å². The van der Waals surface area contributed by atoms with Gasteiger partial charge >= 0.3 is 0 Å². The van der Waals surface area contributed by atoms with E-state index in [9.17, 15) is 4.79 Å². The van der Waals surface area contributed by atoms with Crippen LogP contribution in [-0.2, 0) is 4.79 Å². The zero-order valence-corrected chi connectivity index (χ0v) is 10.8. The van der Waals surface area contributed by atoms with Crippen LogP contribution in [0.25, 0.3) is 0 Å². The smallest absolute Gasteiger partial charge is 0.225 e. The number of rotatable bonds is 4. The van der Waals surface area contributed by atoms with Gasteiger partial charge in [-0.3, -0.25) is 4.79 Å². The van der Waals surface area contributed by atoms with Gasteiger partial charge in [-0.2, -0.15) is 5.26 Å². The molecule has 0 radical (unpaired) electrons. The number of carbonyl (C=O) groups is 1. The van der Waals surface area contributed by atoms with Crippen molar-refractivity contribution in [1.82, 2.24) is 5.32 Å². The van der Waals surface area contributed by atoms with Crippen LogP contribution in [0.5, 0.6) is 0 Å². The van der Waals surface area contributed by atoms with Gasteiger partial charge in [-0.15, -0.1) is 0 Å². The first kappa shape index (κ1) is 14.0. The first-order chi connectivity index (χ1) is 8.04. The lowest BCUT2D eigenvalue weighted by molar-refractivity contribution is -0.126. The van der Waals surface area contributed by atoms with E-state index in [1.807, 2.05) is 13.8 Å². The van der Waals surface area contributed by atoms with E-state index >= 15 is 0 Å². The van der Waals surface area contributed by atoms with Gasteiger partial charge in [0.05, 0.1) is 12.0 Å². The fourth-order valence-corrected chi connectivity index (χ4v) is 2.38. The third kappa shape index (κ3) is 4.35. The number of hydrogen-bond donors (Lipinski definition) is 2. The van der Waals surface area contributed by atoms with E-state index in [-0.39, 0.29) is 23.9 Å². The topological polar surface area (TPSA) is 78.9 Å². The van der Waals surface area contributed by atoms with Gasteiger partial charge in [0.1, 0.15) is 6.04 Å². The average molecular weight is 237 g/mol. The Morgan fingerprint density at radius 3 is 2.65 bits per heavy atom. The standard InChI is InChI=1S/C13H23N3O/c1-9(2)7-10(8-14)16-13(17)11-5-3-4-6-12(11)15/h9-12H,3-7,15H2,1-2H3,(H,16,17)/t10-,11+,12?/m0/s1. The first-order valence-electron chi connectivity index (χ1n) is 6.50. The Morgan fingerprint density at radius 1 is 1.47 bits per heavy atom. The summed E-state index contributed by atoms with van der Waals surface area (Å²) in [5.74, 6) is 0.260. The summed E-state index contributed by atoms with van der Waals surface area (Å²) in [5, 5.41) is 11.8. The Morgan fingerprint density at radius 2 is 2.12 bits per heavy atom. The summed E-state index contributed by atoms with van der Waals surface area (Å²) < 4.78 is 0. The molecule has 1 aliphatic rings. The van der Waals surface area contributed by atoms with Crippen molar-refractivity contribution in [1.29, 1.82) is 5.26 Å². The largest absolute Gasteiger partial charge is 0.340 e. The number of amides is 1. The quantitative estimate of drug-likeness (QED) is 0.778. The second-order valence-electron chi connectivity index (χ2n) is 5.37. The molecule has 4 heteroatoms. The van der Waals surface area contributed by atoms with Crippen LogP contribution < -0.4 is 11.1 Å². The van der Waals surface area contributed by atoms with Gasteiger partial charge in [0.15, 0.2) is 0 Å². The molecule has 0 bridgehead atoms. The Labute approximate surface area is 104 Å². The third-order valence-electron chi connectivity index (χ3n) is 3.34. The third-order valence-corrected chi connectivity index (χ3v) is 3.34. The molecule has 3 N–H and O–H groups in total. The number of nitrogens with one attached hydrogen (secondary N) is 1. The molecular weight excluding hydrogens is 214 g/mol. The predicted octanol–water partition coefficient (Wildman–Crippen LogP) is 1.56. The first-order valence-corrected chi connectivity index (χ1v) is 6.50. The van der Waals surface area contributed by atoms with Gasteiger partial charge in [-0.1, -0.05) is 26.7 Å². The average Bonchev–Trinajstić information content (AvgIpc) is 2.27. The fraction of sp³-hybridized carbons (Fsp3) is 0.846. The molecule has 1 rings (SSSR count).